The van der Waals surface area contributed by atoms with E-state index in [0.29, 0.717) is 32.0 Å². The summed E-state index contributed by atoms with van der Waals surface area (Å²) in [7, 11) is -3.52. The van der Waals surface area contributed by atoms with Crippen molar-refractivity contribution < 1.29 is 13.2 Å². The van der Waals surface area contributed by atoms with Crippen LogP contribution in [0.5, 0.6) is 0 Å². The monoisotopic (exact) mass is 300 g/mol. The van der Waals surface area contributed by atoms with Gasteiger partial charge in [-0.3, -0.25) is 0 Å². The molecule has 0 fully saturated rings. The molecule has 0 saturated heterocycles. The minimum atomic E-state index is -3.52. The normalized spacial score (nSPS) is 12.1. The predicted molar refractivity (Wildman–Crippen MR) is 81.3 cm³/mol. The molecule has 1 rings (SSSR count). The highest BCUT2D eigenvalue weighted by molar-refractivity contribution is 7.89. The molecule has 0 saturated carbocycles. The third-order valence-electron chi connectivity index (χ3n) is 3.36. The Morgan fingerprint density at radius 3 is 2.40 bits per heavy atom. The summed E-state index contributed by atoms with van der Waals surface area (Å²) >= 11 is 0. The van der Waals surface area contributed by atoms with E-state index in [2.05, 4.69) is 0 Å². The van der Waals surface area contributed by atoms with E-state index in [9.17, 15) is 8.42 Å². The quantitative estimate of drug-likeness (QED) is 0.617. The number of benzene rings is 1. The molecule has 2 N–H and O–H groups in total. The number of aryl methyl sites for hydroxylation is 1. The first kappa shape index (κ1) is 16.9. The van der Waals surface area contributed by atoms with Gasteiger partial charge >= 0.3 is 0 Å². The van der Waals surface area contributed by atoms with E-state index < -0.39 is 10.0 Å². The molecule has 1 aromatic rings. The number of nitrogens with two attached hydrogens (primary N) is 1. The van der Waals surface area contributed by atoms with Crippen molar-refractivity contribution >= 4 is 15.7 Å². The van der Waals surface area contributed by atoms with Crippen molar-refractivity contribution in [3.05, 3.63) is 23.3 Å². The molecule has 0 spiro atoms. The fraction of sp³-hybridized carbons (Fsp3) is 0.571. The Balaban J connectivity index is 3.08. The van der Waals surface area contributed by atoms with Crippen LogP contribution in [0.15, 0.2) is 17.0 Å². The molecule has 0 radical (unpaired) electrons. The molecule has 0 aliphatic carbocycles. The summed E-state index contributed by atoms with van der Waals surface area (Å²) < 4.78 is 31.8. The highest BCUT2D eigenvalue weighted by Gasteiger charge is 2.23. The highest BCUT2D eigenvalue weighted by Crippen LogP contribution is 2.24. The van der Waals surface area contributed by atoms with Gasteiger partial charge in [-0.2, -0.15) is 4.31 Å². The second-order valence-corrected chi connectivity index (χ2v) is 6.59. The molecule has 20 heavy (non-hydrogen) atoms. The second-order valence-electron chi connectivity index (χ2n) is 4.65. The lowest BCUT2D eigenvalue weighted by Crippen LogP contribution is -2.34. The van der Waals surface area contributed by atoms with Crippen LogP contribution in [0.3, 0.4) is 0 Å². The lowest BCUT2D eigenvalue weighted by atomic mass is 10.1. The van der Waals surface area contributed by atoms with Crippen molar-refractivity contribution in [3.63, 3.8) is 0 Å². The van der Waals surface area contributed by atoms with Crippen LogP contribution in [0, 0.1) is 13.8 Å². The average Bonchev–Trinajstić information content (AvgIpc) is 2.40. The minimum Gasteiger partial charge on any atom is -0.398 e. The van der Waals surface area contributed by atoms with Crippen molar-refractivity contribution in [2.75, 3.05) is 32.0 Å². The van der Waals surface area contributed by atoms with Crippen molar-refractivity contribution in [2.45, 2.75) is 32.6 Å². The molecule has 5 nitrogen and oxygen atoms in total. The number of likely N-dealkylation sites (N-methyl/N-ethyl adjacent to an activating group) is 1. The van der Waals surface area contributed by atoms with E-state index in [1.165, 1.54) is 10.4 Å². The van der Waals surface area contributed by atoms with E-state index in [1.54, 1.807) is 6.07 Å². The zero-order chi connectivity index (χ0) is 15.3. The van der Waals surface area contributed by atoms with E-state index in [4.69, 9.17) is 10.5 Å². The number of hydrogen-bond donors (Lipinski definition) is 1. The van der Waals surface area contributed by atoms with Gasteiger partial charge in [-0.15, -0.1) is 0 Å². The summed E-state index contributed by atoms with van der Waals surface area (Å²) in [6.45, 7) is 9.16. The number of nitrogen functional groups attached to an aromatic ring is 1. The van der Waals surface area contributed by atoms with E-state index in [0.717, 1.165) is 11.1 Å². The number of hydrogen-bond acceptors (Lipinski definition) is 4. The van der Waals surface area contributed by atoms with Crippen molar-refractivity contribution in [1.82, 2.24) is 4.31 Å². The molecule has 114 valence electrons. The first-order valence-corrected chi connectivity index (χ1v) is 8.23. The van der Waals surface area contributed by atoms with Crippen LogP contribution in [-0.2, 0) is 14.8 Å². The largest absolute Gasteiger partial charge is 0.398 e. The lowest BCUT2D eigenvalue weighted by molar-refractivity contribution is 0.135. The van der Waals surface area contributed by atoms with Crippen molar-refractivity contribution in [3.8, 4) is 0 Å². The summed E-state index contributed by atoms with van der Waals surface area (Å²) in [6.07, 6.45) is 0. The molecule has 6 heteroatoms. The summed E-state index contributed by atoms with van der Waals surface area (Å²) in [5, 5.41) is 0. The van der Waals surface area contributed by atoms with Gasteiger partial charge in [0.2, 0.25) is 10.0 Å². The number of rotatable bonds is 7. The lowest BCUT2D eigenvalue weighted by Gasteiger charge is -2.21. The second kappa shape index (κ2) is 7.06. The summed E-state index contributed by atoms with van der Waals surface area (Å²) in [4.78, 5) is 0.247. The van der Waals surface area contributed by atoms with Gasteiger partial charge in [-0.05, 0) is 44.0 Å². The first-order valence-electron chi connectivity index (χ1n) is 6.79. The zero-order valence-electron chi connectivity index (χ0n) is 12.6. The minimum absolute atomic E-state index is 0.247. The number of nitrogens with zero attached hydrogens (tertiary/aromatic N) is 1. The van der Waals surface area contributed by atoms with Crippen LogP contribution in [0.2, 0.25) is 0 Å². The zero-order valence-corrected chi connectivity index (χ0v) is 13.5. The van der Waals surface area contributed by atoms with E-state index in [-0.39, 0.29) is 4.90 Å². The number of sulfonamides is 1. The Morgan fingerprint density at radius 2 is 1.90 bits per heavy atom. The van der Waals surface area contributed by atoms with Gasteiger partial charge < -0.3 is 10.5 Å². The van der Waals surface area contributed by atoms with Gasteiger partial charge in [0.1, 0.15) is 0 Å². The summed E-state index contributed by atoms with van der Waals surface area (Å²) in [5.74, 6) is 0. The van der Waals surface area contributed by atoms with Crippen molar-refractivity contribution in [1.29, 1.82) is 0 Å². The molecular formula is C14H24N2O3S. The summed E-state index contributed by atoms with van der Waals surface area (Å²) in [5.41, 5.74) is 8.17. The van der Waals surface area contributed by atoms with Gasteiger partial charge in [0.05, 0.1) is 11.5 Å². The molecule has 0 aromatic heterocycles. The van der Waals surface area contributed by atoms with Crippen LogP contribution >= 0.6 is 0 Å². The Bertz CT molecular complexity index is 533. The number of anilines is 1. The van der Waals surface area contributed by atoms with Gasteiger partial charge in [-0.25, -0.2) is 8.42 Å². The van der Waals surface area contributed by atoms with E-state index >= 15 is 0 Å². The Morgan fingerprint density at radius 1 is 1.25 bits per heavy atom. The molecule has 0 heterocycles. The maximum Gasteiger partial charge on any atom is 0.243 e. The molecule has 0 atom stereocenters. The summed E-state index contributed by atoms with van der Waals surface area (Å²) in [6, 6.07) is 3.20. The van der Waals surface area contributed by atoms with Crippen LogP contribution in [0.25, 0.3) is 0 Å². The molecule has 1 aromatic carbocycles. The van der Waals surface area contributed by atoms with E-state index in [1.807, 2.05) is 27.7 Å². The smallest absolute Gasteiger partial charge is 0.243 e. The topological polar surface area (TPSA) is 72.6 Å². The van der Waals surface area contributed by atoms with Crippen molar-refractivity contribution in [2.24, 2.45) is 0 Å². The van der Waals surface area contributed by atoms with Crippen LogP contribution in [-0.4, -0.2) is 39.0 Å². The molecular weight excluding hydrogens is 276 g/mol. The predicted octanol–water partition coefficient (Wildman–Crippen LogP) is 1.93. The number of ether oxygens (including phenoxy) is 1. The highest BCUT2D eigenvalue weighted by atomic mass is 32.2. The average molecular weight is 300 g/mol. The standard InChI is InChI=1S/C14H24N2O3S/c1-5-16(7-8-19-6-2)20(17,18)13-9-11(3)12(4)14(15)10-13/h9-10H,5-8,15H2,1-4H3. The van der Waals surface area contributed by atoms with Gasteiger partial charge in [-0.1, -0.05) is 6.92 Å². The maximum atomic E-state index is 12.6. The Hall–Kier alpha value is -1.11. The molecule has 0 unspecified atom stereocenters. The SMILES string of the molecule is CCOCCN(CC)S(=O)(=O)c1cc(C)c(C)c(N)c1. The van der Waals surface area contributed by atoms with Gasteiger partial charge in [0, 0.05) is 25.4 Å². The van der Waals surface area contributed by atoms with Crippen LogP contribution in [0.1, 0.15) is 25.0 Å². The fourth-order valence-electron chi connectivity index (χ4n) is 1.91. The van der Waals surface area contributed by atoms with Gasteiger partial charge in [0.15, 0.2) is 0 Å². The molecule has 0 aliphatic heterocycles. The fourth-order valence-corrected chi connectivity index (χ4v) is 3.46. The van der Waals surface area contributed by atoms with Crippen LogP contribution < -0.4 is 5.73 Å². The maximum absolute atomic E-state index is 12.6. The molecule has 0 aliphatic rings. The third-order valence-corrected chi connectivity index (χ3v) is 5.31. The molecule has 0 amide bonds. The first-order chi connectivity index (χ1) is 9.34. The van der Waals surface area contributed by atoms with Crippen LogP contribution in [0.4, 0.5) is 5.69 Å². The Kier molecular flexibility index (Phi) is 5.98. The molecule has 0 bridgehead atoms. The van der Waals surface area contributed by atoms with Gasteiger partial charge in [0.25, 0.3) is 0 Å². The third kappa shape index (κ3) is 3.71. The Labute approximate surface area is 121 Å².